The largest absolute Gasteiger partial charge is 0.462 e. The van der Waals surface area contributed by atoms with Crippen LogP contribution in [-0.2, 0) is 17.6 Å². The van der Waals surface area contributed by atoms with E-state index in [1.54, 1.807) is 6.92 Å². The Balaban J connectivity index is 1.69. The van der Waals surface area contributed by atoms with E-state index in [-0.39, 0.29) is 12.4 Å². The van der Waals surface area contributed by atoms with Crippen molar-refractivity contribution in [3.63, 3.8) is 0 Å². The van der Waals surface area contributed by atoms with E-state index in [2.05, 4.69) is 20.4 Å². The molecule has 0 aromatic carbocycles. The number of fused-ring (bicyclic) bond motifs is 2. The Bertz CT molecular complexity index is 1090. The molecule has 0 saturated carbocycles. The summed E-state index contributed by atoms with van der Waals surface area (Å²) in [5.74, 6) is -0.471. The first kappa shape index (κ1) is 18.5. The number of amides is 1. The molecule has 0 unspecified atom stereocenters. The summed E-state index contributed by atoms with van der Waals surface area (Å²) in [4.78, 5) is 35.0. The molecule has 0 atom stereocenters. The molecule has 146 valence electrons. The van der Waals surface area contributed by atoms with Crippen molar-refractivity contribution in [2.24, 2.45) is 0 Å². The molecule has 9 heteroatoms. The number of hydrogen-bond donors (Lipinski definition) is 1. The average molecular weight is 399 g/mol. The summed E-state index contributed by atoms with van der Waals surface area (Å²) in [7, 11) is 0. The Labute approximate surface area is 166 Å². The maximum Gasteiger partial charge on any atom is 0.341 e. The highest BCUT2D eigenvalue weighted by atomic mass is 32.1. The highest BCUT2D eigenvalue weighted by Gasteiger charge is 2.28. The van der Waals surface area contributed by atoms with Gasteiger partial charge < -0.3 is 10.1 Å². The molecule has 0 bridgehead atoms. The van der Waals surface area contributed by atoms with Crippen molar-refractivity contribution in [3.05, 3.63) is 39.3 Å². The van der Waals surface area contributed by atoms with Crippen LogP contribution in [-0.4, -0.2) is 38.1 Å². The van der Waals surface area contributed by atoms with Crippen molar-refractivity contribution in [2.75, 3.05) is 11.9 Å². The van der Waals surface area contributed by atoms with E-state index < -0.39 is 11.9 Å². The Morgan fingerprint density at radius 1 is 1.25 bits per heavy atom. The number of anilines is 1. The van der Waals surface area contributed by atoms with Gasteiger partial charge in [-0.15, -0.1) is 16.4 Å². The molecule has 8 nitrogen and oxygen atoms in total. The molecule has 0 saturated heterocycles. The third kappa shape index (κ3) is 3.26. The van der Waals surface area contributed by atoms with Crippen LogP contribution in [0.15, 0.2) is 6.07 Å². The van der Waals surface area contributed by atoms with E-state index in [1.807, 2.05) is 19.9 Å². The van der Waals surface area contributed by atoms with Gasteiger partial charge in [-0.2, -0.15) is 4.98 Å². The predicted molar refractivity (Wildman–Crippen MR) is 105 cm³/mol. The molecule has 1 aliphatic rings. The zero-order valence-corrected chi connectivity index (χ0v) is 16.9. The maximum atomic E-state index is 12.8. The number of aromatic nitrogens is 4. The van der Waals surface area contributed by atoms with E-state index in [9.17, 15) is 9.59 Å². The molecule has 3 heterocycles. The lowest BCUT2D eigenvalue weighted by Gasteiger charge is -2.12. The first-order valence-electron chi connectivity index (χ1n) is 9.32. The van der Waals surface area contributed by atoms with Crippen molar-refractivity contribution in [1.29, 1.82) is 0 Å². The number of hydrogen-bond acceptors (Lipinski definition) is 7. The summed E-state index contributed by atoms with van der Waals surface area (Å²) >= 11 is 1.44. The molecule has 0 spiro atoms. The van der Waals surface area contributed by atoms with Crippen LogP contribution >= 0.6 is 11.3 Å². The van der Waals surface area contributed by atoms with Crippen LogP contribution in [0.3, 0.4) is 0 Å². The maximum absolute atomic E-state index is 12.8. The van der Waals surface area contributed by atoms with E-state index >= 15 is 0 Å². The van der Waals surface area contributed by atoms with Crippen LogP contribution in [0.5, 0.6) is 0 Å². The fourth-order valence-corrected chi connectivity index (χ4v) is 4.77. The normalized spacial score (nSPS) is 13.4. The van der Waals surface area contributed by atoms with Gasteiger partial charge in [-0.3, -0.25) is 4.79 Å². The van der Waals surface area contributed by atoms with Crippen molar-refractivity contribution in [3.8, 4) is 0 Å². The van der Waals surface area contributed by atoms with Gasteiger partial charge >= 0.3 is 5.97 Å². The third-order valence-corrected chi connectivity index (χ3v) is 5.91. The number of aryl methyl sites for hydroxylation is 3. The zero-order valence-electron chi connectivity index (χ0n) is 16.0. The standard InChI is InChI=1S/C19H21N5O3S/c1-4-27-18(26)14-12-7-5-6-8-13(12)28-17(14)22-16(25)15-21-19-20-10(2)9-11(3)24(19)23-15/h9H,4-8H2,1-3H3,(H,22,25). The number of nitrogens with one attached hydrogen (secondary N) is 1. The van der Waals surface area contributed by atoms with Crippen LogP contribution in [0.1, 0.15) is 62.6 Å². The molecule has 0 aliphatic heterocycles. The number of rotatable bonds is 4. The number of ether oxygens (including phenoxy) is 1. The van der Waals surface area contributed by atoms with Crippen molar-refractivity contribution >= 4 is 34.0 Å². The second-order valence-corrected chi connectivity index (χ2v) is 7.88. The fourth-order valence-electron chi connectivity index (χ4n) is 3.49. The molecular weight excluding hydrogens is 378 g/mol. The van der Waals surface area contributed by atoms with Gasteiger partial charge in [0.1, 0.15) is 5.00 Å². The van der Waals surface area contributed by atoms with E-state index in [1.165, 1.54) is 15.9 Å². The number of nitrogens with zero attached hydrogens (tertiary/aromatic N) is 4. The highest BCUT2D eigenvalue weighted by Crippen LogP contribution is 2.38. The number of esters is 1. The van der Waals surface area contributed by atoms with Gasteiger partial charge in [0.25, 0.3) is 11.7 Å². The molecule has 0 fully saturated rings. The molecule has 1 N–H and O–H groups in total. The van der Waals surface area contributed by atoms with Gasteiger partial charge in [-0.05, 0) is 58.1 Å². The highest BCUT2D eigenvalue weighted by molar-refractivity contribution is 7.17. The minimum Gasteiger partial charge on any atom is -0.462 e. The van der Waals surface area contributed by atoms with E-state index in [0.29, 0.717) is 16.3 Å². The van der Waals surface area contributed by atoms with Crippen LogP contribution in [0.4, 0.5) is 5.00 Å². The Kier molecular flexibility index (Phi) is 4.84. The first-order valence-corrected chi connectivity index (χ1v) is 10.1. The summed E-state index contributed by atoms with van der Waals surface area (Å²) < 4.78 is 6.76. The Morgan fingerprint density at radius 2 is 2.04 bits per heavy atom. The number of carbonyl (C=O) groups is 2. The summed E-state index contributed by atoms with van der Waals surface area (Å²) in [6.07, 6.45) is 3.85. The molecule has 28 heavy (non-hydrogen) atoms. The Hall–Kier alpha value is -2.81. The van der Waals surface area contributed by atoms with E-state index in [4.69, 9.17) is 4.74 Å². The number of thiophene rings is 1. The topological polar surface area (TPSA) is 98.5 Å². The number of carbonyl (C=O) groups excluding carboxylic acids is 2. The molecule has 1 amide bonds. The second kappa shape index (κ2) is 7.31. The molecule has 3 aromatic heterocycles. The van der Waals surface area contributed by atoms with Crippen molar-refractivity contribution < 1.29 is 14.3 Å². The average Bonchev–Trinajstić information content (AvgIpc) is 3.23. The summed E-state index contributed by atoms with van der Waals surface area (Å²) in [6, 6.07) is 1.87. The fraction of sp³-hybridized carbons (Fsp3) is 0.421. The van der Waals surface area contributed by atoms with Gasteiger partial charge in [0.15, 0.2) is 0 Å². The first-order chi connectivity index (χ1) is 13.5. The van der Waals surface area contributed by atoms with Gasteiger partial charge in [0.2, 0.25) is 5.82 Å². The van der Waals surface area contributed by atoms with Crippen molar-refractivity contribution in [1.82, 2.24) is 19.6 Å². The monoisotopic (exact) mass is 399 g/mol. The summed E-state index contributed by atoms with van der Waals surface area (Å²) in [5, 5.41) is 7.60. The molecule has 1 aliphatic carbocycles. The summed E-state index contributed by atoms with van der Waals surface area (Å²) in [5.41, 5.74) is 3.12. The van der Waals surface area contributed by atoms with Gasteiger partial charge in [-0.1, -0.05) is 0 Å². The molecule has 0 radical (unpaired) electrons. The third-order valence-electron chi connectivity index (χ3n) is 4.70. The van der Waals surface area contributed by atoms with Crippen LogP contribution in [0, 0.1) is 13.8 Å². The lowest BCUT2D eigenvalue weighted by Crippen LogP contribution is -2.17. The lowest BCUT2D eigenvalue weighted by molar-refractivity contribution is 0.0526. The van der Waals surface area contributed by atoms with Crippen LogP contribution in [0.25, 0.3) is 5.78 Å². The van der Waals surface area contributed by atoms with Crippen LogP contribution < -0.4 is 5.32 Å². The van der Waals surface area contributed by atoms with Crippen LogP contribution in [0.2, 0.25) is 0 Å². The smallest absolute Gasteiger partial charge is 0.341 e. The van der Waals surface area contributed by atoms with Gasteiger partial charge in [0.05, 0.1) is 12.2 Å². The molecular formula is C19H21N5O3S. The SMILES string of the molecule is CCOC(=O)c1c(NC(=O)c2nc3nc(C)cc(C)n3n2)sc2c1CCCC2. The summed E-state index contributed by atoms with van der Waals surface area (Å²) in [6.45, 7) is 5.80. The van der Waals surface area contributed by atoms with Gasteiger partial charge in [-0.25, -0.2) is 14.3 Å². The minimum absolute atomic E-state index is 0.0161. The molecule has 4 rings (SSSR count). The minimum atomic E-state index is -0.466. The Morgan fingerprint density at radius 3 is 2.82 bits per heavy atom. The lowest BCUT2D eigenvalue weighted by atomic mass is 9.95. The van der Waals surface area contributed by atoms with Gasteiger partial charge in [0, 0.05) is 16.3 Å². The molecule has 3 aromatic rings. The second-order valence-electron chi connectivity index (χ2n) is 6.78. The van der Waals surface area contributed by atoms with E-state index in [0.717, 1.165) is 47.5 Å². The van der Waals surface area contributed by atoms with Crippen molar-refractivity contribution in [2.45, 2.75) is 46.5 Å². The predicted octanol–water partition coefficient (Wildman–Crippen LogP) is 3.11. The zero-order chi connectivity index (χ0) is 19.8. The quantitative estimate of drug-likeness (QED) is 0.677.